The minimum Gasteiger partial charge on any atom is -0.239 e. The van der Waals surface area contributed by atoms with E-state index in [0.717, 1.165) is 11.1 Å². The molecule has 0 aliphatic heterocycles. The van der Waals surface area contributed by atoms with Crippen molar-refractivity contribution in [3.8, 4) is 0 Å². The van der Waals surface area contributed by atoms with Crippen LogP contribution in [0.4, 0.5) is 8.78 Å². The maximum Gasteiger partial charge on any atom is 0.139 e. The van der Waals surface area contributed by atoms with E-state index in [1.54, 1.807) is 0 Å². The Bertz CT molecular complexity index is 380. The van der Waals surface area contributed by atoms with Gasteiger partial charge < -0.3 is 0 Å². The predicted octanol–water partition coefficient (Wildman–Crippen LogP) is 3.51. The van der Waals surface area contributed by atoms with Crippen LogP contribution in [0.5, 0.6) is 0 Å². The maximum atomic E-state index is 14.1. The van der Waals surface area contributed by atoms with Crippen molar-refractivity contribution in [3.05, 3.63) is 34.6 Å². The number of halogens is 2. The highest BCUT2D eigenvalue weighted by atomic mass is 19.1. The van der Waals surface area contributed by atoms with Crippen LogP contribution < -0.4 is 0 Å². The molecule has 0 saturated carbocycles. The lowest BCUT2D eigenvalue weighted by Gasteiger charge is -2.20. The van der Waals surface area contributed by atoms with Gasteiger partial charge in [-0.05, 0) is 43.4 Å². The second-order valence-electron chi connectivity index (χ2n) is 4.46. The van der Waals surface area contributed by atoms with Crippen LogP contribution in [0.25, 0.3) is 0 Å². The van der Waals surface area contributed by atoms with Gasteiger partial charge in [0.05, 0.1) is 0 Å². The van der Waals surface area contributed by atoms with Gasteiger partial charge in [-0.3, -0.25) is 0 Å². The summed E-state index contributed by atoms with van der Waals surface area (Å²) >= 11 is 0. The van der Waals surface area contributed by atoms with Crippen LogP contribution in [0.3, 0.4) is 0 Å². The summed E-state index contributed by atoms with van der Waals surface area (Å²) in [5.74, 6) is -0.525. The van der Waals surface area contributed by atoms with Gasteiger partial charge in [0, 0.05) is 5.56 Å². The molecule has 1 aliphatic carbocycles. The van der Waals surface area contributed by atoms with E-state index in [9.17, 15) is 8.78 Å². The SMILES string of the molecule is Cc1cc(F)c2c(c1)CC(C)C2(C)F. The normalized spacial score (nSPS) is 30.5. The Labute approximate surface area is 82.9 Å². The van der Waals surface area contributed by atoms with Crippen molar-refractivity contribution in [2.45, 2.75) is 32.9 Å². The van der Waals surface area contributed by atoms with Crippen LogP contribution in [0.15, 0.2) is 12.1 Å². The smallest absolute Gasteiger partial charge is 0.139 e. The van der Waals surface area contributed by atoms with Crippen molar-refractivity contribution >= 4 is 0 Å². The number of aryl methyl sites for hydroxylation is 1. The molecule has 14 heavy (non-hydrogen) atoms. The topological polar surface area (TPSA) is 0 Å². The molecule has 0 amide bonds. The lowest BCUT2D eigenvalue weighted by molar-refractivity contribution is 0.126. The number of rotatable bonds is 0. The van der Waals surface area contributed by atoms with Gasteiger partial charge >= 0.3 is 0 Å². The largest absolute Gasteiger partial charge is 0.239 e. The van der Waals surface area contributed by atoms with E-state index < -0.39 is 11.5 Å². The molecule has 0 nitrogen and oxygen atoms in total. The average Bonchev–Trinajstić information content (AvgIpc) is 2.21. The molecular formula is C12H14F2. The Morgan fingerprint density at radius 2 is 2.07 bits per heavy atom. The van der Waals surface area contributed by atoms with Gasteiger partial charge in [-0.15, -0.1) is 0 Å². The molecule has 2 unspecified atom stereocenters. The summed E-state index contributed by atoms with van der Waals surface area (Å²) in [7, 11) is 0. The van der Waals surface area contributed by atoms with Crippen LogP contribution in [0, 0.1) is 18.7 Å². The summed E-state index contributed by atoms with van der Waals surface area (Å²) in [4.78, 5) is 0. The van der Waals surface area contributed by atoms with Crippen molar-refractivity contribution in [1.29, 1.82) is 0 Å². The Morgan fingerprint density at radius 1 is 1.43 bits per heavy atom. The quantitative estimate of drug-likeness (QED) is 0.595. The molecule has 0 N–H and O–H groups in total. The number of benzene rings is 1. The molecule has 0 aromatic heterocycles. The highest BCUT2D eigenvalue weighted by Gasteiger charge is 2.43. The van der Waals surface area contributed by atoms with Crippen LogP contribution in [-0.2, 0) is 12.1 Å². The zero-order chi connectivity index (χ0) is 10.5. The maximum absolute atomic E-state index is 14.1. The standard InChI is InChI=1S/C12H14F2/c1-7-4-9-6-8(2)12(3,14)11(9)10(13)5-7/h4-5,8H,6H2,1-3H3. The first-order valence-corrected chi connectivity index (χ1v) is 4.91. The molecule has 1 aromatic carbocycles. The van der Waals surface area contributed by atoms with Gasteiger partial charge in [0.25, 0.3) is 0 Å². The van der Waals surface area contributed by atoms with Crippen LogP contribution >= 0.6 is 0 Å². The number of hydrogen-bond donors (Lipinski definition) is 0. The van der Waals surface area contributed by atoms with Gasteiger partial charge in [-0.1, -0.05) is 13.0 Å². The lowest BCUT2D eigenvalue weighted by atomic mass is 9.92. The predicted molar refractivity (Wildman–Crippen MR) is 52.5 cm³/mol. The van der Waals surface area contributed by atoms with Gasteiger partial charge in [-0.25, -0.2) is 8.78 Å². The molecule has 0 radical (unpaired) electrons. The van der Waals surface area contributed by atoms with E-state index >= 15 is 0 Å². The third kappa shape index (κ3) is 1.17. The lowest BCUT2D eigenvalue weighted by Crippen LogP contribution is -2.20. The summed E-state index contributed by atoms with van der Waals surface area (Å²) in [6.07, 6.45) is 0.640. The summed E-state index contributed by atoms with van der Waals surface area (Å²) < 4.78 is 27.7. The first-order valence-electron chi connectivity index (χ1n) is 4.91. The first-order chi connectivity index (χ1) is 6.43. The zero-order valence-electron chi connectivity index (χ0n) is 8.70. The Kier molecular flexibility index (Phi) is 1.91. The molecular weight excluding hydrogens is 182 g/mol. The van der Waals surface area contributed by atoms with Gasteiger partial charge in [0.1, 0.15) is 11.5 Å². The van der Waals surface area contributed by atoms with Gasteiger partial charge in [0.2, 0.25) is 0 Å². The summed E-state index contributed by atoms with van der Waals surface area (Å²) in [6.45, 7) is 5.14. The molecule has 0 spiro atoms. The molecule has 76 valence electrons. The van der Waals surface area contributed by atoms with E-state index in [1.165, 1.54) is 13.0 Å². The summed E-state index contributed by atoms with van der Waals surface area (Å²) in [5, 5.41) is 0. The van der Waals surface area contributed by atoms with Gasteiger partial charge in [0.15, 0.2) is 0 Å². The van der Waals surface area contributed by atoms with E-state index in [1.807, 2.05) is 19.9 Å². The fourth-order valence-corrected chi connectivity index (χ4v) is 2.29. The molecule has 0 bridgehead atoms. The molecule has 0 saturated heterocycles. The van der Waals surface area contributed by atoms with E-state index in [0.29, 0.717) is 6.42 Å². The molecule has 0 fully saturated rings. The number of alkyl halides is 1. The molecule has 1 aliphatic rings. The van der Waals surface area contributed by atoms with Crippen molar-refractivity contribution in [2.75, 3.05) is 0 Å². The Hall–Kier alpha value is -0.920. The Balaban J connectivity index is 2.65. The fourth-order valence-electron chi connectivity index (χ4n) is 2.29. The highest BCUT2D eigenvalue weighted by Crippen LogP contribution is 2.45. The number of fused-ring (bicyclic) bond motifs is 1. The fraction of sp³-hybridized carbons (Fsp3) is 0.500. The van der Waals surface area contributed by atoms with Crippen LogP contribution in [0.1, 0.15) is 30.5 Å². The third-order valence-electron chi connectivity index (χ3n) is 3.26. The third-order valence-corrected chi connectivity index (χ3v) is 3.26. The van der Waals surface area contributed by atoms with Crippen molar-refractivity contribution < 1.29 is 8.78 Å². The van der Waals surface area contributed by atoms with Crippen LogP contribution in [-0.4, -0.2) is 0 Å². The van der Waals surface area contributed by atoms with Crippen molar-refractivity contribution in [1.82, 2.24) is 0 Å². The molecule has 0 heterocycles. The van der Waals surface area contributed by atoms with Crippen LogP contribution in [0.2, 0.25) is 0 Å². The second kappa shape index (κ2) is 2.78. The van der Waals surface area contributed by atoms with E-state index in [4.69, 9.17) is 0 Å². The zero-order valence-corrected chi connectivity index (χ0v) is 8.70. The Morgan fingerprint density at radius 3 is 2.71 bits per heavy atom. The summed E-state index contributed by atoms with van der Waals surface area (Å²) in [5.41, 5.74) is 0.467. The summed E-state index contributed by atoms with van der Waals surface area (Å²) in [6, 6.07) is 3.30. The van der Waals surface area contributed by atoms with Gasteiger partial charge in [-0.2, -0.15) is 0 Å². The molecule has 1 aromatic rings. The molecule has 2 rings (SSSR count). The highest BCUT2D eigenvalue weighted by molar-refractivity contribution is 5.41. The second-order valence-corrected chi connectivity index (χ2v) is 4.46. The number of hydrogen-bond acceptors (Lipinski definition) is 0. The minimum atomic E-state index is -1.51. The van der Waals surface area contributed by atoms with Crippen molar-refractivity contribution in [2.24, 2.45) is 5.92 Å². The average molecular weight is 196 g/mol. The first kappa shape index (κ1) is 9.63. The monoisotopic (exact) mass is 196 g/mol. The van der Waals surface area contributed by atoms with E-state index in [-0.39, 0.29) is 11.5 Å². The van der Waals surface area contributed by atoms with E-state index in [2.05, 4.69) is 0 Å². The molecule has 2 heteroatoms. The van der Waals surface area contributed by atoms with Crippen molar-refractivity contribution in [3.63, 3.8) is 0 Å². The minimum absolute atomic E-state index is 0.131. The molecule has 2 atom stereocenters.